The molecule has 0 saturated heterocycles. The number of amides is 2. The summed E-state index contributed by atoms with van der Waals surface area (Å²) in [6.07, 6.45) is 4.88. The average molecular weight is 482 g/mol. The standard InChI is InChI=1S/C24H27Cl3N2O2/c1-2-22(24(31)28-20-8-3-4-9-20)29(15-17-10-11-19(26)14-21(17)27)23(30)13-16-6-5-7-18(25)12-16/h5-7,10-12,14,20,22H,2-4,8-9,13,15H2,1H3,(H,28,31)/t22-/m1/s1. The first-order chi connectivity index (χ1) is 14.9. The fraction of sp³-hybridized carbons (Fsp3) is 0.417. The highest BCUT2D eigenvalue weighted by Crippen LogP contribution is 2.25. The molecule has 166 valence electrons. The Morgan fingerprint density at radius 3 is 2.42 bits per heavy atom. The molecular formula is C24H27Cl3N2O2. The fourth-order valence-electron chi connectivity index (χ4n) is 4.04. The molecular weight excluding hydrogens is 455 g/mol. The second-order valence-electron chi connectivity index (χ2n) is 7.98. The predicted octanol–water partition coefficient (Wildman–Crippen LogP) is 6.06. The maximum Gasteiger partial charge on any atom is 0.243 e. The summed E-state index contributed by atoms with van der Waals surface area (Å²) in [6, 6.07) is 12.0. The molecule has 1 aliphatic carbocycles. The number of carbonyl (C=O) groups is 2. The van der Waals surface area contributed by atoms with Gasteiger partial charge in [0.15, 0.2) is 0 Å². The van der Waals surface area contributed by atoms with Gasteiger partial charge in [-0.15, -0.1) is 0 Å². The maximum absolute atomic E-state index is 13.4. The number of nitrogens with one attached hydrogen (secondary N) is 1. The van der Waals surface area contributed by atoms with Crippen LogP contribution in [0.1, 0.15) is 50.2 Å². The molecule has 2 aromatic carbocycles. The van der Waals surface area contributed by atoms with E-state index >= 15 is 0 Å². The number of nitrogens with zero attached hydrogens (tertiary/aromatic N) is 1. The van der Waals surface area contributed by atoms with E-state index in [2.05, 4.69) is 5.32 Å². The van der Waals surface area contributed by atoms with Gasteiger partial charge in [-0.3, -0.25) is 9.59 Å². The van der Waals surface area contributed by atoms with Crippen molar-refractivity contribution < 1.29 is 9.59 Å². The quantitative estimate of drug-likeness (QED) is 0.498. The van der Waals surface area contributed by atoms with Crippen molar-refractivity contribution in [3.8, 4) is 0 Å². The molecule has 31 heavy (non-hydrogen) atoms. The van der Waals surface area contributed by atoms with Gasteiger partial charge in [0.1, 0.15) is 6.04 Å². The molecule has 0 bridgehead atoms. The number of rotatable bonds is 8. The maximum atomic E-state index is 13.4. The second-order valence-corrected chi connectivity index (χ2v) is 9.26. The Kier molecular flexibility index (Phi) is 8.65. The van der Waals surface area contributed by atoms with Crippen molar-refractivity contribution in [2.75, 3.05) is 0 Å². The average Bonchev–Trinajstić information content (AvgIpc) is 3.22. The van der Waals surface area contributed by atoms with Crippen LogP contribution in [-0.2, 0) is 22.6 Å². The van der Waals surface area contributed by atoms with Crippen LogP contribution in [0.4, 0.5) is 0 Å². The molecule has 1 aliphatic rings. The van der Waals surface area contributed by atoms with Crippen LogP contribution in [0.25, 0.3) is 0 Å². The summed E-state index contributed by atoms with van der Waals surface area (Å²) in [5.74, 6) is -0.263. The Bertz CT molecular complexity index is 929. The molecule has 0 unspecified atom stereocenters. The Balaban J connectivity index is 1.85. The van der Waals surface area contributed by atoms with E-state index < -0.39 is 6.04 Å². The lowest BCUT2D eigenvalue weighted by Gasteiger charge is -2.32. The SMILES string of the molecule is CC[C@H](C(=O)NC1CCCC1)N(Cc1ccc(Cl)cc1Cl)C(=O)Cc1cccc(Cl)c1. The molecule has 7 heteroatoms. The number of hydrogen-bond donors (Lipinski definition) is 1. The van der Waals surface area contributed by atoms with Crippen molar-refractivity contribution in [1.82, 2.24) is 10.2 Å². The first-order valence-electron chi connectivity index (χ1n) is 10.7. The summed E-state index contributed by atoms with van der Waals surface area (Å²) in [7, 11) is 0. The van der Waals surface area contributed by atoms with E-state index in [0.29, 0.717) is 21.5 Å². The highest BCUT2D eigenvalue weighted by molar-refractivity contribution is 6.35. The van der Waals surface area contributed by atoms with E-state index in [1.54, 1.807) is 35.2 Å². The van der Waals surface area contributed by atoms with Gasteiger partial charge in [-0.05, 0) is 54.7 Å². The van der Waals surface area contributed by atoms with E-state index in [1.165, 1.54) is 0 Å². The normalized spacial score (nSPS) is 15.0. The van der Waals surface area contributed by atoms with Gasteiger partial charge in [-0.2, -0.15) is 0 Å². The van der Waals surface area contributed by atoms with Gasteiger partial charge < -0.3 is 10.2 Å². The van der Waals surface area contributed by atoms with E-state index in [1.807, 2.05) is 19.1 Å². The van der Waals surface area contributed by atoms with Gasteiger partial charge in [0, 0.05) is 27.7 Å². The van der Waals surface area contributed by atoms with Gasteiger partial charge in [-0.25, -0.2) is 0 Å². The van der Waals surface area contributed by atoms with Crippen LogP contribution in [-0.4, -0.2) is 28.8 Å². The Hall–Kier alpha value is -1.75. The van der Waals surface area contributed by atoms with Crippen molar-refractivity contribution >= 4 is 46.6 Å². The van der Waals surface area contributed by atoms with Crippen molar-refractivity contribution in [3.63, 3.8) is 0 Å². The zero-order valence-electron chi connectivity index (χ0n) is 17.5. The van der Waals surface area contributed by atoms with Gasteiger partial charge in [0.05, 0.1) is 6.42 Å². The smallest absolute Gasteiger partial charge is 0.243 e. The molecule has 3 rings (SSSR count). The van der Waals surface area contributed by atoms with Crippen LogP contribution in [0.3, 0.4) is 0 Å². The molecule has 1 saturated carbocycles. The first kappa shape index (κ1) is 23.9. The van der Waals surface area contributed by atoms with Crippen molar-refractivity contribution in [2.24, 2.45) is 0 Å². The van der Waals surface area contributed by atoms with Crippen LogP contribution in [0, 0.1) is 0 Å². The summed E-state index contributed by atoms with van der Waals surface area (Å²) < 4.78 is 0. The molecule has 0 aromatic heterocycles. The largest absolute Gasteiger partial charge is 0.352 e. The lowest BCUT2D eigenvalue weighted by atomic mass is 10.1. The zero-order valence-corrected chi connectivity index (χ0v) is 19.8. The Morgan fingerprint density at radius 2 is 1.77 bits per heavy atom. The van der Waals surface area contributed by atoms with Crippen LogP contribution < -0.4 is 5.32 Å². The third-order valence-electron chi connectivity index (χ3n) is 5.69. The fourth-order valence-corrected chi connectivity index (χ4v) is 4.72. The summed E-state index contributed by atoms with van der Waals surface area (Å²) in [6.45, 7) is 2.15. The molecule has 0 heterocycles. The molecule has 1 N–H and O–H groups in total. The van der Waals surface area contributed by atoms with Crippen LogP contribution in [0.15, 0.2) is 42.5 Å². The third kappa shape index (κ3) is 6.61. The van der Waals surface area contributed by atoms with Crippen molar-refractivity contribution in [2.45, 2.75) is 64.1 Å². The minimum Gasteiger partial charge on any atom is -0.352 e. The topological polar surface area (TPSA) is 49.4 Å². The molecule has 2 amide bonds. The van der Waals surface area contributed by atoms with Gasteiger partial charge in [0.25, 0.3) is 0 Å². The predicted molar refractivity (Wildman–Crippen MR) is 127 cm³/mol. The van der Waals surface area contributed by atoms with E-state index in [-0.39, 0.29) is 30.8 Å². The lowest BCUT2D eigenvalue weighted by Crippen LogP contribution is -2.51. The first-order valence-corrected chi connectivity index (χ1v) is 11.8. The summed E-state index contributed by atoms with van der Waals surface area (Å²) >= 11 is 18.5. The minimum absolute atomic E-state index is 0.112. The van der Waals surface area contributed by atoms with Crippen LogP contribution in [0.2, 0.25) is 15.1 Å². The number of benzene rings is 2. The highest BCUT2D eigenvalue weighted by atomic mass is 35.5. The van der Waals surface area contributed by atoms with Gasteiger partial charge in [0.2, 0.25) is 11.8 Å². The van der Waals surface area contributed by atoms with Crippen molar-refractivity contribution in [1.29, 1.82) is 0 Å². The minimum atomic E-state index is -0.584. The highest BCUT2D eigenvalue weighted by Gasteiger charge is 2.31. The molecule has 4 nitrogen and oxygen atoms in total. The van der Waals surface area contributed by atoms with Gasteiger partial charge >= 0.3 is 0 Å². The third-order valence-corrected chi connectivity index (χ3v) is 6.51. The second kappa shape index (κ2) is 11.2. The van der Waals surface area contributed by atoms with E-state index in [9.17, 15) is 9.59 Å². The number of hydrogen-bond acceptors (Lipinski definition) is 2. The molecule has 0 spiro atoms. The molecule has 1 fully saturated rings. The summed E-state index contributed by atoms with van der Waals surface area (Å²) in [4.78, 5) is 28.1. The molecule has 0 aliphatic heterocycles. The Morgan fingerprint density at radius 1 is 1.06 bits per heavy atom. The van der Waals surface area contributed by atoms with Gasteiger partial charge in [-0.1, -0.05) is 72.8 Å². The summed E-state index contributed by atoms with van der Waals surface area (Å²) in [5, 5.41) is 4.71. The molecule has 0 radical (unpaired) electrons. The Labute approximate surface area is 198 Å². The zero-order chi connectivity index (χ0) is 22.4. The summed E-state index contributed by atoms with van der Waals surface area (Å²) in [5.41, 5.74) is 1.55. The molecule has 2 aromatic rings. The number of carbonyl (C=O) groups excluding carboxylic acids is 2. The van der Waals surface area contributed by atoms with Crippen LogP contribution in [0.5, 0.6) is 0 Å². The monoisotopic (exact) mass is 480 g/mol. The number of halogens is 3. The molecule has 1 atom stereocenters. The van der Waals surface area contributed by atoms with E-state index in [4.69, 9.17) is 34.8 Å². The lowest BCUT2D eigenvalue weighted by molar-refractivity contribution is -0.141. The van der Waals surface area contributed by atoms with Crippen LogP contribution >= 0.6 is 34.8 Å². The van der Waals surface area contributed by atoms with Crippen molar-refractivity contribution in [3.05, 3.63) is 68.7 Å². The van der Waals surface area contributed by atoms with E-state index in [0.717, 1.165) is 36.8 Å².